The first-order chi connectivity index (χ1) is 15.8. The molecule has 8 nitrogen and oxygen atoms in total. The second-order valence-corrected chi connectivity index (χ2v) is 7.28. The number of halogens is 5. The van der Waals surface area contributed by atoms with Crippen LogP contribution in [0.4, 0.5) is 34.4 Å². The Hall–Kier alpha value is -3.45. The monoisotopic (exact) mass is 497 g/mol. The Balaban J connectivity index is 1.79. The van der Waals surface area contributed by atoms with Crippen molar-refractivity contribution in [1.29, 1.82) is 0 Å². The fraction of sp³-hybridized carbons (Fsp3) is 0.105. The van der Waals surface area contributed by atoms with Crippen LogP contribution in [0.15, 0.2) is 48.8 Å². The molecule has 0 aliphatic heterocycles. The van der Waals surface area contributed by atoms with E-state index in [0.717, 1.165) is 10.0 Å². The molecule has 0 bridgehead atoms. The zero-order chi connectivity index (χ0) is 23.6. The van der Waals surface area contributed by atoms with Gasteiger partial charge in [-0.1, -0.05) is 6.07 Å². The third kappa shape index (κ3) is 4.98. The highest BCUT2D eigenvalue weighted by Gasteiger charge is 2.32. The second-order valence-electron chi connectivity index (χ2n) is 6.49. The Bertz CT molecular complexity index is 1330. The molecule has 33 heavy (non-hydrogen) atoms. The Morgan fingerprint density at radius 3 is 2.70 bits per heavy atom. The molecule has 4 aromatic rings. The summed E-state index contributed by atoms with van der Waals surface area (Å²) in [5.41, 5.74) is -0.684. The van der Waals surface area contributed by atoms with E-state index in [1.54, 1.807) is 12.1 Å². The predicted octanol–water partition coefficient (Wildman–Crippen LogP) is 5.21. The summed E-state index contributed by atoms with van der Waals surface area (Å²) in [5.74, 6) is -0.459. The van der Waals surface area contributed by atoms with Crippen molar-refractivity contribution in [2.45, 2.75) is 6.18 Å². The van der Waals surface area contributed by atoms with Crippen molar-refractivity contribution in [2.75, 3.05) is 16.5 Å². The van der Waals surface area contributed by atoms with Crippen LogP contribution in [0.2, 0.25) is 0 Å². The molecule has 0 unspecified atom stereocenters. The molecule has 4 rings (SSSR count). The standard InChI is InChI=1S/C19H12ClF4N7OS/c20-9-15(32)28-14-8-10(4-6-25-14)26-16-11-5-7-31(33-24)18(11)30-17(29-16)12-2-1-3-13(27-12)19(21,22)23/h1-8H,9H2,(H2,25,26,28,29,30,32). The van der Waals surface area contributed by atoms with Gasteiger partial charge >= 0.3 is 6.18 Å². The van der Waals surface area contributed by atoms with Crippen LogP contribution in [0, 0.1) is 0 Å². The molecule has 4 heterocycles. The number of carbonyl (C=O) groups excluding carboxylic acids is 1. The number of hydrogen-bond acceptors (Lipinski definition) is 7. The molecule has 0 aromatic carbocycles. The Kier molecular flexibility index (Phi) is 6.33. The number of carbonyl (C=O) groups is 1. The highest BCUT2D eigenvalue weighted by molar-refractivity contribution is 7.92. The number of pyridine rings is 2. The van der Waals surface area contributed by atoms with E-state index in [2.05, 4.69) is 30.6 Å². The zero-order valence-electron chi connectivity index (χ0n) is 16.3. The number of anilines is 3. The van der Waals surface area contributed by atoms with Gasteiger partial charge in [0.1, 0.15) is 28.9 Å². The predicted molar refractivity (Wildman–Crippen MR) is 117 cm³/mol. The van der Waals surface area contributed by atoms with Crippen molar-refractivity contribution in [3.05, 3.63) is 54.5 Å². The molecular formula is C19H12ClF4N7OS. The summed E-state index contributed by atoms with van der Waals surface area (Å²) in [5, 5.41) is 5.90. The van der Waals surface area contributed by atoms with E-state index in [1.807, 2.05) is 0 Å². The molecule has 0 fully saturated rings. The molecule has 1 amide bonds. The third-order valence-electron chi connectivity index (χ3n) is 4.27. The lowest BCUT2D eigenvalue weighted by molar-refractivity contribution is -0.141. The molecule has 0 saturated heterocycles. The number of fused-ring (bicyclic) bond motifs is 1. The van der Waals surface area contributed by atoms with Gasteiger partial charge in [-0.25, -0.2) is 23.9 Å². The van der Waals surface area contributed by atoms with Gasteiger partial charge in [0.05, 0.1) is 5.39 Å². The van der Waals surface area contributed by atoms with Gasteiger partial charge < -0.3 is 10.6 Å². The smallest absolute Gasteiger partial charge is 0.339 e. The van der Waals surface area contributed by atoms with Crippen LogP contribution < -0.4 is 10.6 Å². The minimum absolute atomic E-state index is 0.124. The van der Waals surface area contributed by atoms with Crippen molar-refractivity contribution in [3.8, 4) is 11.5 Å². The van der Waals surface area contributed by atoms with E-state index in [4.69, 9.17) is 11.6 Å². The number of rotatable bonds is 6. The maximum absolute atomic E-state index is 13.4. The molecule has 2 N–H and O–H groups in total. The Labute approximate surface area is 192 Å². The van der Waals surface area contributed by atoms with Crippen molar-refractivity contribution in [3.63, 3.8) is 0 Å². The molecule has 4 aromatic heterocycles. The fourth-order valence-electron chi connectivity index (χ4n) is 2.86. The van der Waals surface area contributed by atoms with Gasteiger partial charge in [0, 0.05) is 24.1 Å². The average Bonchev–Trinajstić information content (AvgIpc) is 3.22. The van der Waals surface area contributed by atoms with Gasteiger partial charge in [-0.05, 0) is 24.3 Å². The number of nitrogens with one attached hydrogen (secondary N) is 2. The van der Waals surface area contributed by atoms with E-state index in [1.165, 1.54) is 30.6 Å². The molecule has 0 atom stereocenters. The van der Waals surface area contributed by atoms with Crippen LogP contribution in [0.3, 0.4) is 0 Å². The number of aromatic nitrogens is 5. The van der Waals surface area contributed by atoms with Gasteiger partial charge in [0.2, 0.25) is 5.91 Å². The molecular weight excluding hydrogens is 486 g/mol. The maximum Gasteiger partial charge on any atom is 0.433 e. The third-order valence-corrected chi connectivity index (χ3v) is 4.95. The fourth-order valence-corrected chi connectivity index (χ4v) is 3.24. The average molecular weight is 498 g/mol. The summed E-state index contributed by atoms with van der Waals surface area (Å²) in [6.07, 6.45) is -1.84. The van der Waals surface area contributed by atoms with Crippen LogP contribution in [0.1, 0.15) is 5.69 Å². The Morgan fingerprint density at radius 1 is 1.15 bits per heavy atom. The van der Waals surface area contributed by atoms with Crippen LogP contribution >= 0.6 is 23.9 Å². The summed E-state index contributed by atoms with van der Waals surface area (Å²) >= 11 is 5.36. The lowest BCUT2D eigenvalue weighted by atomic mass is 10.2. The minimum Gasteiger partial charge on any atom is -0.339 e. The molecule has 0 saturated carbocycles. The number of amides is 1. The van der Waals surface area contributed by atoms with E-state index in [9.17, 15) is 21.9 Å². The summed E-state index contributed by atoms with van der Waals surface area (Å²) < 4.78 is 53.8. The number of hydrogen-bond donors (Lipinski definition) is 2. The van der Waals surface area contributed by atoms with Crippen LogP contribution in [-0.4, -0.2) is 35.7 Å². The SMILES string of the molecule is O=C(CCl)Nc1cc(Nc2nc(-c3cccc(C(F)(F)F)n3)nc3c2ccn3SF)ccn1. The molecule has 0 aliphatic rings. The molecule has 0 aliphatic carbocycles. The van der Waals surface area contributed by atoms with E-state index < -0.39 is 17.8 Å². The van der Waals surface area contributed by atoms with Gasteiger partial charge in [0.25, 0.3) is 0 Å². The zero-order valence-corrected chi connectivity index (χ0v) is 17.8. The van der Waals surface area contributed by atoms with E-state index in [-0.39, 0.29) is 47.0 Å². The summed E-state index contributed by atoms with van der Waals surface area (Å²) in [4.78, 5) is 27.7. The van der Waals surface area contributed by atoms with Crippen molar-refractivity contribution < 1.29 is 21.9 Å². The second kappa shape index (κ2) is 9.19. The van der Waals surface area contributed by atoms with Crippen LogP contribution in [0.5, 0.6) is 0 Å². The van der Waals surface area contributed by atoms with Gasteiger partial charge in [0.15, 0.2) is 23.8 Å². The van der Waals surface area contributed by atoms with Crippen molar-refractivity contribution in [1.82, 2.24) is 23.9 Å². The lowest BCUT2D eigenvalue weighted by Gasteiger charge is -2.11. The first kappa shape index (κ1) is 22.7. The first-order valence-electron chi connectivity index (χ1n) is 9.10. The summed E-state index contributed by atoms with van der Waals surface area (Å²) in [6, 6.07) is 7.96. The van der Waals surface area contributed by atoms with Crippen molar-refractivity contribution >= 4 is 58.2 Å². The topological polar surface area (TPSA) is 97.6 Å². The summed E-state index contributed by atoms with van der Waals surface area (Å²) in [6.45, 7) is 0. The molecule has 0 radical (unpaired) electrons. The van der Waals surface area contributed by atoms with Gasteiger partial charge in [-0.3, -0.25) is 4.79 Å². The molecule has 170 valence electrons. The van der Waals surface area contributed by atoms with Gasteiger partial charge in [-0.15, -0.1) is 15.5 Å². The highest BCUT2D eigenvalue weighted by atomic mass is 35.5. The number of nitrogens with zero attached hydrogens (tertiary/aromatic N) is 5. The van der Waals surface area contributed by atoms with Gasteiger partial charge in [-0.2, -0.15) is 13.2 Å². The Morgan fingerprint density at radius 2 is 1.97 bits per heavy atom. The van der Waals surface area contributed by atoms with Crippen molar-refractivity contribution in [2.24, 2.45) is 0 Å². The van der Waals surface area contributed by atoms with E-state index >= 15 is 0 Å². The lowest BCUT2D eigenvalue weighted by Crippen LogP contribution is -2.13. The summed E-state index contributed by atoms with van der Waals surface area (Å²) in [7, 11) is 0. The molecule has 0 spiro atoms. The largest absolute Gasteiger partial charge is 0.433 e. The van der Waals surface area contributed by atoms with Crippen LogP contribution in [-0.2, 0) is 11.0 Å². The number of alkyl halides is 4. The molecule has 14 heteroatoms. The first-order valence-corrected chi connectivity index (χ1v) is 10.3. The van der Waals surface area contributed by atoms with E-state index in [0.29, 0.717) is 11.1 Å². The normalized spacial score (nSPS) is 11.5. The minimum atomic E-state index is -4.66. The quantitative estimate of drug-likeness (QED) is 0.279. The highest BCUT2D eigenvalue weighted by Crippen LogP contribution is 2.32. The van der Waals surface area contributed by atoms with Crippen LogP contribution in [0.25, 0.3) is 22.6 Å². The maximum atomic E-state index is 13.4.